The van der Waals surface area contributed by atoms with E-state index in [4.69, 9.17) is 0 Å². The predicted octanol–water partition coefficient (Wildman–Crippen LogP) is 3.56. The zero-order valence-corrected chi connectivity index (χ0v) is 9.98. The summed E-state index contributed by atoms with van der Waals surface area (Å²) < 4.78 is 12.3. The number of rotatable bonds is 3. The van der Waals surface area contributed by atoms with E-state index in [1.807, 2.05) is 67.6 Å². The molecule has 2 atom stereocenters. The minimum absolute atomic E-state index is 0.0311. The van der Waals surface area contributed by atoms with E-state index in [1.54, 1.807) is 0 Å². The monoisotopic (exact) mass is 230 g/mol. The molecule has 0 aliphatic carbocycles. The minimum atomic E-state index is -0.979. The molecule has 2 heteroatoms. The molecule has 0 radical (unpaired) electrons. The molecule has 0 aliphatic heterocycles. The van der Waals surface area contributed by atoms with Crippen LogP contribution < -0.4 is 0 Å². The molecule has 0 aromatic heterocycles. The Hall–Kier alpha value is -1.25. The lowest BCUT2D eigenvalue weighted by molar-refractivity contribution is 0.585. The summed E-state index contributed by atoms with van der Waals surface area (Å²) in [5.74, 6) is 0. The summed E-state index contributed by atoms with van der Waals surface area (Å²) in [6.07, 6.45) is 0. The van der Waals surface area contributed by atoms with E-state index in [-0.39, 0.29) is 5.25 Å². The van der Waals surface area contributed by atoms with Crippen LogP contribution in [-0.4, -0.2) is 4.55 Å². The van der Waals surface area contributed by atoms with Crippen molar-refractivity contribution in [2.45, 2.75) is 17.1 Å². The van der Waals surface area contributed by atoms with E-state index < -0.39 is 11.2 Å². The van der Waals surface area contributed by atoms with E-state index in [0.29, 0.717) is 0 Å². The van der Waals surface area contributed by atoms with Gasteiger partial charge in [0.25, 0.3) is 0 Å². The Bertz CT molecular complexity index is 384. The van der Waals surface area contributed by atoms with Crippen LogP contribution in [0.3, 0.4) is 0 Å². The highest BCUT2D eigenvalue weighted by Crippen LogP contribution is 2.27. The topological polar surface area (TPSA) is 23.1 Å². The molecule has 0 aliphatic rings. The molecule has 0 saturated carbocycles. The summed E-state index contributed by atoms with van der Waals surface area (Å²) >= 11 is -0.979. The number of hydrogen-bond acceptors (Lipinski definition) is 1. The summed E-state index contributed by atoms with van der Waals surface area (Å²) in [5.41, 5.74) is 1.12. The second kappa shape index (κ2) is 5.19. The van der Waals surface area contributed by atoms with Crippen molar-refractivity contribution in [1.29, 1.82) is 0 Å². The Morgan fingerprint density at radius 2 is 1.38 bits per heavy atom. The lowest BCUT2D eigenvalue weighted by Crippen LogP contribution is -2.10. The first-order valence-corrected chi connectivity index (χ1v) is 6.51. The van der Waals surface area contributed by atoms with Crippen molar-refractivity contribution < 1.29 is 4.55 Å². The standard InChI is InChI=1S/C14H14OS/c1-12(13-8-4-2-5-9-13)16(15)14-10-6-3-7-11-14/h2-12H,1H3. The van der Waals surface area contributed by atoms with Crippen LogP contribution in [0.25, 0.3) is 0 Å². The van der Waals surface area contributed by atoms with Crippen LogP contribution in [-0.2, 0) is 11.2 Å². The van der Waals surface area contributed by atoms with Crippen molar-refractivity contribution in [1.82, 2.24) is 0 Å². The zero-order valence-electron chi connectivity index (χ0n) is 9.17. The van der Waals surface area contributed by atoms with Gasteiger partial charge in [-0.05, 0) is 30.2 Å². The maximum Gasteiger partial charge on any atom is 0.153 e. The van der Waals surface area contributed by atoms with E-state index in [2.05, 4.69) is 0 Å². The maximum absolute atomic E-state index is 12.3. The fourth-order valence-electron chi connectivity index (χ4n) is 1.61. The molecule has 0 fully saturated rings. The van der Waals surface area contributed by atoms with Crippen LogP contribution >= 0.6 is 0 Å². The third-order valence-electron chi connectivity index (χ3n) is 2.57. The molecule has 16 heavy (non-hydrogen) atoms. The molecule has 0 spiro atoms. The van der Waals surface area contributed by atoms with Crippen molar-refractivity contribution in [2.75, 3.05) is 0 Å². The van der Waals surface area contributed by atoms with Gasteiger partial charge >= 0.3 is 0 Å². The van der Waals surface area contributed by atoms with Gasteiger partial charge in [0, 0.05) is 5.56 Å². The third kappa shape index (κ3) is 2.46. The van der Waals surface area contributed by atoms with Gasteiger partial charge in [0.2, 0.25) is 0 Å². The van der Waals surface area contributed by atoms with Crippen LogP contribution in [0.4, 0.5) is 0 Å². The van der Waals surface area contributed by atoms with Crippen molar-refractivity contribution in [3.05, 3.63) is 66.2 Å². The van der Waals surface area contributed by atoms with Gasteiger partial charge in [-0.3, -0.25) is 0 Å². The van der Waals surface area contributed by atoms with Gasteiger partial charge in [0.05, 0.1) is 0 Å². The molecule has 2 aromatic carbocycles. The summed E-state index contributed by atoms with van der Waals surface area (Å²) in [5, 5.41) is 0.0311. The first-order valence-electron chi connectivity index (χ1n) is 5.29. The minimum Gasteiger partial charge on any atom is -0.611 e. The average Bonchev–Trinajstić information content (AvgIpc) is 2.39. The maximum atomic E-state index is 12.3. The summed E-state index contributed by atoms with van der Waals surface area (Å²) in [6.45, 7) is 2.00. The summed E-state index contributed by atoms with van der Waals surface area (Å²) in [6, 6.07) is 19.6. The van der Waals surface area contributed by atoms with Crippen molar-refractivity contribution in [3.8, 4) is 0 Å². The van der Waals surface area contributed by atoms with Crippen molar-refractivity contribution >= 4 is 11.2 Å². The Morgan fingerprint density at radius 3 is 1.94 bits per heavy atom. The largest absolute Gasteiger partial charge is 0.611 e. The van der Waals surface area contributed by atoms with Crippen LogP contribution in [0.1, 0.15) is 17.7 Å². The molecule has 0 amide bonds. The van der Waals surface area contributed by atoms with Crippen LogP contribution in [0.5, 0.6) is 0 Å². The highest BCUT2D eigenvalue weighted by atomic mass is 32.2. The van der Waals surface area contributed by atoms with E-state index in [1.165, 1.54) is 0 Å². The molecule has 82 valence electrons. The number of benzene rings is 2. The van der Waals surface area contributed by atoms with E-state index in [9.17, 15) is 4.55 Å². The molecular weight excluding hydrogens is 216 g/mol. The van der Waals surface area contributed by atoms with E-state index in [0.717, 1.165) is 10.5 Å². The molecule has 0 heterocycles. The lowest BCUT2D eigenvalue weighted by atomic mass is 10.2. The van der Waals surface area contributed by atoms with Crippen LogP contribution in [0.2, 0.25) is 0 Å². The molecule has 0 saturated heterocycles. The summed E-state index contributed by atoms with van der Waals surface area (Å²) in [7, 11) is 0. The second-order valence-corrected chi connectivity index (χ2v) is 5.44. The molecule has 1 nitrogen and oxygen atoms in total. The molecular formula is C14H14OS. The Labute approximate surface area is 99.3 Å². The predicted molar refractivity (Wildman–Crippen MR) is 67.7 cm³/mol. The molecule has 0 bridgehead atoms. The highest BCUT2D eigenvalue weighted by Gasteiger charge is 2.20. The van der Waals surface area contributed by atoms with Crippen LogP contribution in [0, 0.1) is 0 Å². The van der Waals surface area contributed by atoms with Gasteiger partial charge in [0.15, 0.2) is 4.90 Å². The quantitative estimate of drug-likeness (QED) is 0.739. The highest BCUT2D eigenvalue weighted by molar-refractivity contribution is 7.91. The SMILES string of the molecule is CC(c1ccccc1)[S+]([O-])c1ccccc1. The van der Waals surface area contributed by atoms with Gasteiger partial charge in [0.1, 0.15) is 5.25 Å². The Kier molecular flexibility index (Phi) is 3.65. The summed E-state index contributed by atoms with van der Waals surface area (Å²) in [4.78, 5) is 0.888. The van der Waals surface area contributed by atoms with Gasteiger partial charge in [-0.15, -0.1) is 0 Å². The third-order valence-corrected chi connectivity index (χ3v) is 4.22. The second-order valence-electron chi connectivity index (χ2n) is 3.66. The molecule has 2 unspecified atom stereocenters. The zero-order chi connectivity index (χ0) is 11.4. The average molecular weight is 230 g/mol. The number of hydrogen-bond donors (Lipinski definition) is 0. The van der Waals surface area contributed by atoms with Crippen molar-refractivity contribution in [3.63, 3.8) is 0 Å². The normalized spacial score (nSPS) is 14.4. The Balaban J connectivity index is 2.20. The molecule has 0 N–H and O–H groups in total. The van der Waals surface area contributed by atoms with Crippen LogP contribution in [0.15, 0.2) is 65.6 Å². The smallest absolute Gasteiger partial charge is 0.153 e. The van der Waals surface area contributed by atoms with Gasteiger partial charge in [-0.25, -0.2) is 0 Å². The fraction of sp³-hybridized carbons (Fsp3) is 0.143. The fourth-order valence-corrected chi connectivity index (χ4v) is 2.84. The van der Waals surface area contributed by atoms with Crippen molar-refractivity contribution in [2.24, 2.45) is 0 Å². The van der Waals surface area contributed by atoms with E-state index >= 15 is 0 Å². The molecule has 2 rings (SSSR count). The van der Waals surface area contributed by atoms with Gasteiger partial charge in [-0.1, -0.05) is 48.5 Å². The first-order chi connectivity index (χ1) is 7.79. The molecule has 2 aromatic rings. The lowest BCUT2D eigenvalue weighted by Gasteiger charge is -2.17. The van der Waals surface area contributed by atoms with Gasteiger partial charge in [-0.2, -0.15) is 0 Å². The first kappa shape index (κ1) is 11.2. The van der Waals surface area contributed by atoms with Gasteiger partial charge < -0.3 is 4.55 Å². The Morgan fingerprint density at radius 1 is 0.875 bits per heavy atom.